The van der Waals surface area contributed by atoms with Crippen molar-refractivity contribution in [2.45, 2.75) is 12.8 Å². The van der Waals surface area contributed by atoms with Gasteiger partial charge < -0.3 is 10.0 Å². The highest BCUT2D eigenvalue weighted by molar-refractivity contribution is 6.32. The number of hydrogen-bond acceptors (Lipinski definition) is 4. The lowest BCUT2D eigenvalue weighted by Gasteiger charge is -2.30. The van der Waals surface area contributed by atoms with Crippen LogP contribution in [0.1, 0.15) is 12.8 Å². The molecule has 0 atom stereocenters. The molecular formula is C10H12ClN3O2. The first-order valence-corrected chi connectivity index (χ1v) is 5.51. The fourth-order valence-corrected chi connectivity index (χ4v) is 2.08. The van der Waals surface area contributed by atoms with Crippen molar-refractivity contribution < 1.29 is 9.90 Å². The van der Waals surface area contributed by atoms with Crippen LogP contribution in [0.15, 0.2) is 12.3 Å². The molecule has 0 radical (unpaired) electrons. The van der Waals surface area contributed by atoms with E-state index in [9.17, 15) is 4.79 Å². The second-order valence-electron chi connectivity index (χ2n) is 3.80. The number of piperidine rings is 1. The molecule has 1 fully saturated rings. The second-order valence-corrected chi connectivity index (χ2v) is 4.21. The molecule has 86 valence electrons. The molecule has 1 aromatic rings. The summed E-state index contributed by atoms with van der Waals surface area (Å²) in [6, 6.07) is 1.69. The second kappa shape index (κ2) is 4.65. The van der Waals surface area contributed by atoms with Crippen molar-refractivity contribution in [3.63, 3.8) is 0 Å². The zero-order valence-electron chi connectivity index (χ0n) is 8.64. The molecule has 0 aliphatic carbocycles. The first-order valence-electron chi connectivity index (χ1n) is 5.13. The summed E-state index contributed by atoms with van der Waals surface area (Å²) in [5, 5.41) is 17.2. The van der Waals surface area contributed by atoms with Crippen LogP contribution in [-0.4, -0.2) is 34.4 Å². The van der Waals surface area contributed by atoms with Gasteiger partial charge in [-0.05, 0) is 18.9 Å². The Morgan fingerprint density at radius 1 is 1.50 bits per heavy atom. The van der Waals surface area contributed by atoms with Crippen LogP contribution in [0.4, 0.5) is 5.82 Å². The average molecular weight is 242 g/mol. The lowest BCUT2D eigenvalue weighted by atomic mass is 9.97. The number of anilines is 1. The maximum Gasteiger partial charge on any atom is 0.306 e. The van der Waals surface area contributed by atoms with Gasteiger partial charge in [0.2, 0.25) is 0 Å². The van der Waals surface area contributed by atoms with Gasteiger partial charge >= 0.3 is 5.97 Å². The van der Waals surface area contributed by atoms with Gasteiger partial charge in [0.15, 0.2) is 5.82 Å². The van der Waals surface area contributed by atoms with Crippen molar-refractivity contribution in [3.8, 4) is 0 Å². The van der Waals surface area contributed by atoms with Gasteiger partial charge in [-0.2, -0.15) is 5.10 Å². The summed E-state index contributed by atoms with van der Waals surface area (Å²) in [4.78, 5) is 12.8. The van der Waals surface area contributed by atoms with E-state index >= 15 is 0 Å². The van der Waals surface area contributed by atoms with Crippen LogP contribution in [-0.2, 0) is 4.79 Å². The van der Waals surface area contributed by atoms with Crippen LogP contribution < -0.4 is 4.90 Å². The molecule has 1 aliphatic heterocycles. The largest absolute Gasteiger partial charge is 0.481 e. The van der Waals surface area contributed by atoms with Gasteiger partial charge in [-0.15, -0.1) is 5.10 Å². The summed E-state index contributed by atoms with van der Waals surface area (Å²) in [7, 11) is 0. The number of hydrogen-bond donors (Lipinski definition) is 1. The maximum absolute atomic E-state index is 10.8. The minimum Gasteiger partial charge on any atom is -0.481 e. The molecule has 1 aromatic heterocycles. The van der Waals surface area contributed by atoms with Gasteiger partial charge in [0.25, 0.3) is 0 Å². The molecule has 16 heavy (non-hydrogen) atoms. The minimum absolute atomic E-state index is 0.244. The van der Waals surface area contributed by atoms with Gasteiger partial charge in [0.1, 0.15) is 0 Å². The topological polar surface area (TPSA) is 66.3 Å². The molecule has 0 saturated carbocycles. The van der Waals surface area contributed by atoms with E-state index in [1.165, 1.54) is 6.20 Å². The number of nitrogens with zero attached hydrogens (tertiary/aromatic N) is 3. The molecule has 2 rings (SSSR count). The van der Waals surface area contributed by atoms with E-state index < -0.39 is 5.97 Å². The van der Waals surface area contributed by atoms with Crippen LogP contribution in [0.2, 0.25) is 5.02 Å². The lowest BCUT2D eigenvalue weighted by Crippen LogP contribution is -2.37. The van der Waals surface area contributed by atoms with Crippen molar-refractivity contribution in [1.82, 2.24) is 10.2 Å². The highest BCUT2D eigenvalue weighted by atomic mass is 35.5. The third-order valence-corrected chi connectivity index (χ3v) is 3.09. The van der Waals surface area contributed by atoms with Gasteiger partial charge in [-0.1, -0.05) is 11.6 Å². The van der Waals surface area contributed by atoms with Crippen LogP contribution in [0, 0.1) is 5.92 Å². The maximum atomic E-state index is 10.8. The van der Waals surface area contributed by atoms with E-state index in [1.54, 1.807) is 6.07 Å². The molecule has 0 spiro atoms. The number of rotatable bonds is 2. The Kier molecular flexibility index (Phi) is 3.24. The van der Waals surface area contributed by atoms with E-state index in [4.69, 9.17) is 16.7 Å². The van der Waals surface area contributed by atoms with E-state index in [0.29, 0.717) is 36.8 Å². The van der Waals surface area contributed by atoms with Crippen LogP contribution in [0.3, 0.4) is 0 Å². The SMILES string of the molecule is O=C(O)C1CCN(c2nnccc2Cl)CC1. The molecule has 6 heteroatoms. The summed E-state index contributed by atoms with van der Waals surface area (Å²) in [6.45, 7) is 1.32. The number of carboxylic acids is 1. The molecule has 1 N–H and O–H groups in total. The molecule has 0 aromatic carbocycles. The van der Waals surface area contributed by atoms with E-state index in [2.05, 4.69) is 10.2 Å². The van der Waals surface area contributed by atoms with E-state index in [-0.39, 0.29) is 5.92 Å². The third-order valence-electron chi connectivity index (χ3n) is 2.80. The van der Waals surface area contributed by atoms with Crippen LogP contribution in [0.25, 0.3) is 0 Å². The molecule has 1 aliphatic rings. The summed E-state index contributed by atoms with van der Waals surface area (Å²) in [5.74, 6) is -0.315. The first kappa shape index (κ1) is 11.1. The Morgan fingerprint density at radius 2 is 2.19 bits per heavy atom. The highest BCUT2D eigenvalue weighted by Crippen LogP contribution is 2.26. The Bertz CT molecular complexity index is 391. The van der Waals surface area contributed by atoms with E-state index in [0.717, 1.165) is 0 Å². The molecule has 0 bridgehead atoms. The number of aliphatic carboxylic acids is 1. The lowest BCUT2D eigenvalue weighted by molar-refractivity contribution is -0.142. The normalized spacial score (nSPS) is 17.4. The smallest absolute Gasteiger partial charge is 0.306 e. The molecule has 2 heterocycles. The van der Waals surface area contributed by atoms with Gasteiger partial charge in [-0.25, -0.2) is 0 Å². The first-order chi connectivity index (χ1) is 7.68. The average Bonchev–Trinajstić information content (AvgIpc) is 2.30. The molecular weight excluding hydrogens is 230 g/mol. The number of aromatic nitrogens is 2. The standard InChI is InChI=1S/C10H12ClN3O2/c11-8-1-4-12-13-9(8)14-5-2-7(3-6-14)10(15)16/h1,4,7H,2-3,5-6H2,(H,15,16). The van der Waals surface area contributed by atoms with Crippen molar-refractivity contribution in [1.29, 1.82) is 0 Å². The predicted molar refractivity (Wildman–Crippen MR) is 59.6 cm³/mol. The molecule has 0 amide bonds. The fourth-order valence-electron chi connectivity index (χ4n) is 1.86. The molecule has 1 saturated heterocycles. The highest BCUT2D eigenvalue weighted by Gasteiger charge is 2.26. The van der Waals surface area contributed by atoms with Crippen molar-refractivity contribution >= 4 is 23.4 Å². The summed E-state index contributed by atoms with van der Waals surface area (Å²) < 4.78 is 0. The summed E-state index contributed by atoms with van der Waals surface area (Å²) in [6.07, 6.45) is 2.79. The minimum atomic E-state index is -0.718. The number of halogens is 1. The number of carboxylic acid groups (broad SMARTS) is 1. The Hall–Kier alpha value is -1.36. The summed E-state index contributed by atoms with van der Waals surface area (Å²) >= 11 is 6.00. The van der Waals surface area contributed by atoms with Crippen LogP contribution >= 0.6 is 11.6 Å². The fraction of sp³-hybridized carbons (Fsp3) is 0.500. The van der Waals surface area contributed by atoms with Crippen molar-refractivity contribution in [2.24, 2.45) is 5.92 Å². The third kappa shape index (κ3) is 2.24. The van der Waals surface area contributed by atoms with Crippen molar-refractivity contribution in [3.05, 3.63) is 17.3 Å². The zero-order chi connectivity index (χ0) is 11.5. The van der Waals surface area contributed by atoms with Crippen molar-refractivity contribution in [2.75, 3.05) is 18.0 Å². The quantitative estimate of drug-likeness (QED) is 0.849. The van der Waals surface area contributed by atoms with Gasteiger partial charge in [-0.3, -0.25) is 4.79 Å². The number of carbonyl (C=O) groups is 1. The van der Waals surface area contributed by atoms with Crippen LogP contribution in [0.5, 0.6) is 0 Å². The zero-order valence-corrected chi connectivity index (χ0v) is 9.39. The Morgan fingerprint density at radius 3 is 2.75 bits per heavy atom. The van der Waals surface area contributed by atoms with Gasteiger partial charge in [0, 0.05) is 13.1 Å². The van der Waals surface area contributed by atoms with E-state index in [1.807, 2.05) is 4.90 Å². The molecule has 0 unspecified atom stereocenters. The Labute approximate surface area is 98.0 Å². The van der Waals surface area contributed by atoms with Gasteiger partial charge in [0.05, 0.1) is 17.1 Å². The monoisotopic (exact) mass is 241 g/mol. The summed E-state index contributed by atoms with van der Waals surface area (Å²) in [5.41, 5.74) is 0. The predicted octanol–water partition coefficient (Wildman–Crippen LogP) is 1.43. The Balaban J connectivity index is 2.05. The molecule has 5 nitrogen and oxygen atoms in total.